The van der Waals surface area contributed by atoms with Gasteiger partial charge in [-0.25, -0.2) is 0 Å². The maximum Gasteiger partial charge on any atom is 0.0588 e. The molecule has 2 fully saturated rings. The predicted octanol–water partition coefficient (Wildman–Crippen LogP) is 1.94. The molecule has 2 aliphatic rings. The molecule has 1 saturated carbocycles. The number of ether oxygens (including phenoxy) is 1. The van der Waals surface area contributed by atoms with Crippen molar-refractivity contribution in [2.75, 3.05) is 13.2 Å². The van der Waals surface area contributed by atoms with Crippen LogP contribution in [0.5, 0.6) is 0 Å². The van der Waals surface area contributed by atoms with Gasteiger partial charge in [0.2, 0.25) is 0 Å². The highest BCUT2D eigenvalue weighted by Crippen LogP contribution is 2.44. The minimum Gasteiger partial charge on any atom is -0.378 e. The van der Waals surface area contributed by atoms with Crippen LogP contribution in [0.25, 0.3) is 0 Å². The Kier molecular flexibility index (Phi) is 2.61. The molecule has 13 heavy (non-hydrogen) atoms. The third-order valence-electron chi connectivity index (χ3n) is 3.39. The fourth-order valence-electron chi connectivity index (χ4n) is 2.11. The number of hydrogen-bond donors (Lipinski definition) is 1. The molecule has 0 amide bonds. The first kappa shape index (κ1) is 9.47. The molecule has 1 N–H and O–H groups in total. The zero-order valence-electron chi connectivity index (χ0n) is 8.81. The molecular formula is C11H21NO. The maximum atomic E-state index is 5.57. The number of hydrogen-bond acceptors (Lipinski definition) is 2. The van der Waals surface area contributed by atoms with Crippen molar-refractivity contribution < 1.29 is 4.74 Å². The molecule has 1 aliphatic carbocycles. The summed E-state index contributed by atoms with van der Waals surface area (Å²) < 4.78 is 5.57. The summed E-state index contributed by atoms with van der Waals surface area (Å²) in [5.41, 5.74) is 0.566. The van der Waals surface area contributed by atoms with E-state index in [0.29, 0.717) is 11.5 Å². The topological polar surface area (TPSA) is 21.3 Å². The summed E-state index contributed by atoms with van der Waals surface area (Å²) in [5, 5.41) is 3.59. The standard InChI is InChI=1S/C11H21NO/c1-11(2)8-10(11)12-6-5-9-4-3-7-13-9/h9-10,12H,3-8H2,1-2H3. The second-order valence-corrected chi connectivity index (χ2v) is 5.12. The van der Waals surface area contributed by atoms with Gasteiger partial charge in [-0.3, -0.25) is 0 Å². The van der Waals surface area contributed by atoms with E-state index in [1.807, 2.05) is 0 Å². The molecule has 76 valence electrons. The largest absolute Gasteiger partial charge is 0.378 e. The van der Waals surface area contributed by atoms with Gasteiger partial charge in [0.05, 0.1) is 6.10 Å². The van der Waals surface area contributed by atoms with Gasteiger partial charge >= 0.3 is 0 Å². The molecule has 2 unspecified atom stereocenters. The van der Waals surface area contributed by atoms with Crippen LogP contribution in [0.3, 0.4) is 0 Å². The summed E-state index contributed by atoms with van der Waals surface area (Å²) in [4.78, 5) is 0. The van der Waals surface area contributed by atoms with E-state index in [9.17, 15) is 0 Å². The van der Waals surface area contributed by atoms with Gasteiger partial charge in [-0.05, 0) is 37.6 Å². The summed E-state index contributed by atoms with van der Waals surface area (Å²) in [7, 11) is 0. The lowest BCUT2D eigenvalue weighted by molar-refractivity contribution is 0.104. The highest BCUT2D eigenvalue weighted by molar-refractivity contribution is 5.01. The molecule has 0 radical (unpaired) electrons. The van der Waals surface area contributed by atoms with E-state index in [-0.39, 0.29) is 0 Å². The molecule has 0 spiro atoms. The van der Waals surface area contributed by atoms with Gasteiger partial charge in [-0.15, -0.1) is 0 Å². The molecule has 0 aromatic rings. The van der Waals surface area contributed by atoms with Crippen molar-refractivity contribution in [1.29, 1.82) is 0 Å². The Labute approximate surface area is 81.0 Å². The Morgan fingerprint density at radius 1 is 1.46 bits per heavy atom. The fraction of sp³-hybridized carbons (Fsp3) is 1.00. The zero-order chi connectivity index (χ0) is 9.31. The third-order valence-corrected chi connectivity index (χ3v) is 3.39. The molecule has 1 heterocycles. The highest BCUT2D eigenvalue weighted by Gasteiger charge is 2.44. The summed E-state index contributed by atoms with van der Waals surface area (Å²) in [6, 6.07) is 0.772. The lowest BCUT2D eigenvalue weighted by Crippen LogP contribution is -2.24. The van der Waals surface area contributed by atoms with Crippen molar-refractivity contribution in [2.45, 2.75) is 51.7 Å². The van der Waals surface area contributed by atoms with E-state index in [1.165, 1.54) is 25.7 Å². The van der Waals surface area contributed by atoms with E-state index >= 15 is 0 Å². The maximum absolute atomic E-state index is 5.57. The van der Waals surface area contributed by atoms with E-state index in [4.69, 9.17) is 4.74 Å². The van der Waals surface area contributed by atoms with E-state index < -0.39 is 0 Å². The summed E-state index contributed by atoms with van der Waals surface area (Å²) in [6.45, 7) is 6.78. The monoisotopic (exact) mass is 183 g/mol. The third kappa shape index (κ3) is 2.44. The number of rotatable bonds is 4. The Bertz CT molecular complexity index is 168. The fourth-order valence-corrected chi connectivity index (χ4v) is 2.11. The second kappa shape index (κ2) is 3.58. The molecule has 0 aromatic carbocycles. The van der Waals surface area contributed by atoms with Crippen LogP contribution in [-0.2, 0) is 4.74 Å². The Balaban J connectivity index is 1.54. The van der Waals surface area contributed by atoms with Crippen molar-refractivity contribution in [2.24, 2.45) is 5.41 Å². The Morgan fingerprint density at radius 2 is 2.23 bits per heavy atom. The summed E-state index contributed by atoms with van der Waals surface area (Å²) in [6.07, 6.45) is 5.63. The Hall–Kier alpha value is -0.0800. The minimum atomic E-state index is 0.550. The average molecular weight is 183 g/mol. The Morgan fingerprint density at radius 3 is 2.77 bits per heavy atom. The zero-order valence-corrected chi connectivity index (χ0v) is 8.81. The van der Waals surface area contributed by atoms with Crippen molar-refractivity contribution in [3.63, 3.8) is 0 Å². The molecular weight excluding hydrogens is 162 g/mol. The van der Waals surface area contributed by atoms with Crippen LogP contribution in [0.15, 0.2) is 0 Å². The average Bonchev–Trinajstić information content (AvgIpc) is 2.53. The normalized spacial score (nSPS) is 36.5. The molecule has 2 atom stereocenters. The molecule has 1 saturated heterocycles. The van der Waals surface area contributed by atoms with E-state index in [1.54, 1.807) is 0 Å². The van der Waals surface area contributed by atoms with Crippen LogP contribution < -0.4 is 5.32 Å². The van der Waals surface area contributed by atoms with Crippen LogP contribution in [-0.4, -0.2) is 25.3 Å². The van der Waals surface area contributed by atoms with Crippen LogP contribution >= 0.6 is 0 Å². The van der Waals surface area contributed by atoms with Crippen LogP contribution in [0.4, 0.5) is 0 Å². The molecule has 2 rings (SSSR count). The molecule has 2 heteroatoms. The molecule has 1 aliphatic heterocycles. The first-order chi connectivity index (χ1) is 6.18. The van der Waals surface area contributed by atoms with Gasteiger partial charge < -0.3 is 10.1 Å². The molecule has 2 nitrogen and oxygen atoms in total. The first-order valence-electron chi connectivity index (χ1n) is 5.53. The van der Waals surface area contributed by atoms with Gasteiger partial charge in [-0.2, -0.15) is 0 Å². The predicted molar refractivity (Wildman–Crippen MR) is 53.8 cm³/mol. The number of nitrogens with one attached hydrogen (secondary N) is 1. The van der Waals surface area contributed by atoms with E-state index in [0.717, 1.165) is 19.2 Å². The lowest BCUT2D eigenvalue weighted by atomic mass is 10.1. The quantitative estimate of drug-likeness (QED) is 0.719. The van der Waals surface area contributed by atoms with Crippen LogP contribution in [0.1, 0.15) is 39.5 Å². The second-order valence-electron chi connectivity index (χ2n) is 5.12. The van der Waals surface area contributed by atoms with Crippen molar-refractivity contribution in [1.82, 2.24) is 5.32 Å². The van der Waals surface area contributed by atoms with Gasteiger partial charge in [0.15, 0.2) is 0 Å². The van der Waals surface area contributed by atoms with Gasteiger partial charge in [-0.1, -0.05) is 13.8 Å². The van der Waals surface area contributed by atoms with Crippen molar-refractivity contribution in [3.05, 3.63) is 0 Å². The SMILES string of the molecule is CC1(C)CC1NCCC1CCCO1. The minimum absolute atomic E-state index is 0.550. The van der Waals surface area contributed by atoms with Crippen LogP contribution in [0.2, 0.25) is 0 Å². The molecule has 0 aromatic heterocycles. The van der Waals surface area contributed by atoms with Crippen LogP contribution in [0, 0.1) is 5.41 Å². The van der Waals surface area contributed by atoms with E-state index in [2.05, 4.69) is 19.2 Å². The smallest absolute Gasteiger partial charge is 0.0588 e. The molecule has 0 bridgehead atoms. The van der Waals surface area contributed by atoms with Gasteiger partial charge in [0.1, 0.15) is 0 Å². The summed E-state index contributed by atoms with van der Waals surface area (Å²) in [5.74, 6) is 0. The lowest BCUT2D eigenvalue weighted by Gasteiger charge is -2.10. The summed E-state index contributed by atoms with van der Waals surface area (Å²) >= 11 is 0. The highest BCUT2D eigenvalue weighted by atomic mass is 16.5. The van der Waals surface area contributed by atoms with Crippen molar-refractivity contribution >= 4 is 0 Å². The van der Waals surface area contributed by atoms with Gasteiger partial charge in [0, 0.05) is 12.6 Å². The van der Waals surface area contributed by atoms with Crippen molar-refractivity contribution in [3.8, 4) is 0 Å². The first-order valence-corrected chi connectivity index (χ1v) is 5.53. The van der Waals surface area contributed by atoms with Gasteiger partial charge in [0.25, 0.3) is 0 Å².